The van der Waals surface area contributed by atoms with Gasteiger partial charge in [0.2, 0.25) is 11.8 Å². The molecule has 1 aromatic carbocycles. The van der Waals surface area contributed by atoms with E-state index in [4.69, 9.17) is 9.26 Å². The van der Waals surface area contributed by atoms with E-state index >= 15 is 0 Å². The van der Waals surface area contributed by atoms with Crippen molar-refractivity contribution in [2.75, 3.05) is 18.0 Å². The first kappa shape index (κ1) is 18.1. The average Bonchev–Trinajstić information content (AvgIpc) is 3.47. The molecule has 2 fully saturated rings. The monoisotopic (exact) mass is 393 g/mol. The molecular weight excluding hydrogens is 370 g/mol. The van der Waals surface area contributed by atoms with Gasteiger partial charge in [-0.15, -0.1) is 0 Å². The smallest absolute Gasteiger partial charge is 0.235 e. The van der Waals surface area contributed by atoms with Crippen molar-refractivity contribution in [1.29, 1.82) is 0 Å². The molecule has 2 unspecified atom stereocenters. The predicted molar refractivity (Wildman–Crippen MR) is 105 cm³/mol. The minimum atomic E-state index is -0.749. The molecule has 2 amide bonds. The second kappa shape index (κ2) is 6.84. The second-order valence-electron chi connectivity index (χ2n) is 8.00. The molecular formula is C22H23N3O4. The van der Waals surface area contributed by atoms with Gasteiger partial charge in [0.25, 0.3) is 0 Å². The highest BCUT2D eigenvalue weighted by Crippen LogP contribution is 2.52. The van der Waals surface area contributed by atoms with Gasteiger partial charge in [-0.1, -0.05) is 47.6 Å². The van der Waals surface area contributed by atoms with E-state index in [1.165, 1.54) is 5.56 Å². The van der Waals surface area contributed by atoms with Gasteiger partial charge in [-0.25, -0.2) is 0 Å². The molecule has 0 radical (unpaired) electrons. The molecule has 7 nitrogen and oxygen atoms in total. The summed E-state index contributed by atoms with van der Waals surface area (Å²) in [4.78, 5) is 27.7. The number of rotatable bonds is 6. The zero-order valence-corrected chi connectivity index (χ0v) is 16.2. The molecule has 2 saturated heterocycles. The van der Waals surface area contributed by atoms with Crippen LogP contribution in [0.2, 0.25) is 0 Å². The molecule has 2 aromatic rings. The maximum Gasteiger partial charge on any atom is 0.235 e. The Morgan fingerprint density at radius 1 is 1.34 bits per heavy atom. The molecule has 1 N–H and O–H groups in total. The number of anilines is 1. The summed E-state index contributed by atoms with van der Waals surface area (Å²) in [5.41, 5.74) is 0.497. The molecule has 150 valence electrons. The molecule has 0 aliphatic carbocycles. The summed E-state index contributed by atoms with van der Waals surface area (Å²) in [7, 11) is 0. The number of aryl methyl sites for hydroxylation is 2. The molecule has 5 rings (SSSR count). The number of aromatic nitrogens is 1. The van der Waals surface area contributed by atoms with Gasteiger partial charge < -0.3 is 14.6 Å². The average molecular weight is 393 g/mol. The number of benzene rings is 1. The van der Waals surface area contributed by atoms with Crippen LogP contribution in [0.5, 0.6) is 0 Å². The van der Waals surface area contributed by atoms with E-state index in [0.717, 1.165) is 12.8 Å². The van der Waals surface area contributed by atoms with Crippen LogP contribution in [0.15, 0.2) is 53.1 Å². The molecule has 0 saturated carbocycles. The van der Waals surface area contributed by atoms with Gasteiger partial charge >= 0.3 is 0 Å². The lowest BCUT2D eigenvalue weighted by Gasteiger charge is -2.23. The molecule has 3 aliphatic rings. The number of ether oxygens (including phenoxy) is 1. The van der Waals surface area contributed by atoms with Crippen LogP contribution in [0.3, 0.4) is 0 Å². The van der Waals surface area contributed by atoms with Crippen LogP contribution in [0.25, 0.3) is 0 Å². The van der Waals surface area contributed by atoms with E-state index in [-0.39, 0.29) is 17.9 Å². The van der Waals surface area contributed by atoms with E-state index < -0.39 is 17.4 Å². The minimum absolute atomic E-state index is 0.120. The standard InChI is InChI=1S/C22H23N3O4/c1-14-12-17(24-29-14)25-13-22-10-9-16(28-22)18(19(22)21(25)27)20(26)23-11-5-8-15-6-3-2-4-7-15/h2-4,6-7,9-10,12,16,18-19H,5,8,11,13H2,1H3,(H,23,26)/t16-,18?,19?,22+/m1/s1. The molecule has 1 spiro atoms. The van der Waals surface area contributed by atoms with Gasteiger partial charge in [0.15, 0.2) is 5.82 Å². The molecule has 29 heavy (non-hydrogen) atoms. The lowest BCUT2D eigenvalue weighted by molar-refractivity contribution is -0.131. The predicted octanol–water partition coefficient (Wildman–Crippen LogP) is 2.02. The Kier molecular flexibility index (Phi) is 4.28. The van der Waals surface area contributed by atoms with Gasteiger partial charge in [-0.05, 0) is 25.3 Å². The first-order chi connectivity index (χ1) is 14.1. The molecule has 4 atom stereocenters. The van der Waals surface area contributed by atoms with Crippen LogP contribution in [0.4, 0.5) is 5.82 Å². The number of carbonyl (C=O) groups is 2. The van der Waals surface area contributed by atoms with E-state index in [1.807, 2.05) is 30.4 Å². The number of nitrogens with one attached hydrogen (secondary N) is 1. The van der Waals surface area contributed by atoms with Crippen LogP contribution in [0, 0.1) is 18.8 Å². The highest BCUT2D eigenvalue weighted by Gasteiger charge is 2.67. The number of hydrogen-bond acceptors (Lipinski definition) is 5. The fraction of sp³-hybridized carbons (Fsp3) is 0.409. The fourth-order valence-corrected chi connectivity index (χ4v) is 4.74. The van der Waals surface area contributed by atoms with Crippen molar-refractivity contribution in [1.82, 2.24) is 10.5 Å². The van der Waals surface area contributed by atoms with Crippen LogP contribution in [0.1, 0.15) is 17.7 Å². The highest BCUT2D eigenvalue weighted by atomic mass is 16.5. The molecule has 3 aliphatic heterocycles. The Hall–Kier alpha value is -2.93. The van der Waals surface area contributed by atoms with Gasteiger partial charge in [0.05, 0.1) is 24.5 Å². The van der Waals surface area contributed by atoms with Crippen LogP contribution in [-0.4, -0.2) is 41.8 Å². The number of amides is 2. The third-order valence-electron chi connectivity index (χ3n) is 6.08. The van der Waals surface area contributed by atoms with Gasteiger partial charge in [0.1, 0.15) is 11.4 Å². The zero-order chi connectivity index (χ0) is 20.0. The maximum atomic E-state index is 13.2. The number of fused-ring (bicyclic) bond motifs is 1. The van der Waals surface area contributed by atoms with Crippen LogP contribution >= 0.6 is 0 Å². The lowest BCUT2D eigenvalue weighted by atomic mass is 9.77. The summed E-state index contributed by atoms with van der Waals surface area (Å²) >= 11 is 0. The largest absolute Gasteiger partial charge is 0.360 e. The van der Waals surface area contributed by atoms with Crippen LogP contribution in [-0.2, 0) is 20.7 Å². The minimum Gasteiger partial charge on any atom is -0.360 e. The van der Waals surface area contributed by atoms with Gasteiger partial charge in [-0.2, -0.15) is 0 Å². The van der Waals surface area contributed by atoms with Crippen molar-refractivity contribution >= 4 is 17.6 Å². The van der Waals surface area contributed by atoms with Crippen molar-refractivity contribution in [3.8, 4) is 0 Å². The Bertz CT molecular complexity index is 969. The first-order valence-electron chi connectivity index (χ1n) is 10.0. The van der Waals surface area contributed by atoms with Gasteiger partial charge in [-0.3, -0.25) is 14.5 Å². The molecule has 1 aromatic heterocycles. The summed E-state index contributed by atoms with van der Waals surface area (Å²) in [6, 6.07) is 11.9. The zero-order valence-electron chi connectivity index (χ0n) is 16.2. The van der Waals surface area contributed by atoms with E-state index in [9.17, 15) is 9.59 Å². The summed E-state index contributed by atoms with van der Waals surface area (Å²) < 4.78 is 11.2. The summed E-state index contributed by atoms with van der Waals surface area (Å²) in [6.07, 6.45) is 5.25. The normalized spacial score (nSPS) is 29.5. The number of nitrogens with zero attached hydrogens (tertiary/aromatic N) is 2. The first-order valence-corrected chi connectivity index (χ1v) is 10.0. The Labute approximate surface area is 168 Å². The SMILES string of the molecule is Cc1cc(N2C[C@]34C=C[C@@H](O3)C(C(=O)NCCCc3ccccc3)C4C2=O)no1. The van der Waals surface area contributed by atoms with E-state index in [0.29, 0.717) is 24.7 Å². The second-order valence-corrected chi connectivity index (χ2v) is 8.00. The highest BCUT2D eigenvalue weighted by molar-refractivity contribution is 6.02. The quantitative estimate of drug-likeness (QED) is 0.600. The molecule has 7 heteroatoms. The van der Waals surface area contributed by atoms with Gasteiger partial charge in [0, 0.05) is 12.6 Å². The van der Waals surface area contributed by atoms with E-state index in [2.05, 4.69) is 22.6 Å². The summed E-state index contributed by atoms with van der Waals surface area (Å²) in [6.45, 7) is 2.71. The lowest BCUT2D eigenvalue weighted by Crippen LogP contribution is -2.44. The third kappa shape index (κ3) is 2.97. The summed E-state index contributed by atoms with van der Waals surface area (Å²) in [5.74, 6) is -0.180. The van der Waals surface area contributed by atoms with Crippen LogP contribution < -0.4 is 10.2 Å². The Balaban J connectivity index is 1.26. The molecule has 4 heterocycles. The van der Waals surface area contributed by atoms with E-state index in [1.54, 1.807) is 17.9 Å². The topological polar surface area (TPSA) is 84.7 Å². The summed E-state index contributed by atoms with van der Waals surface area (Å²) in [5, 5.41) is 6.97. The Morgan fingerprint density at radius 3 is 2.93 bits per heavy atom. The Morgan fingerprint density at radius 2 is 2.17 bits per heavy atom. The number of carbonyl (C=O) groups excluding carboxylic acids is 2. The van der Waals surface area contributed by atoms with Crippen molar-refractivity contribution in [3.63, 3.8) is 0 Å². The number of hydrogen-bond donors (Lipinski definition) is 1. The van der Waals surface area contributed by atoms with Crippen molar-refractivity contribution in [2.45, 2.75) is 31.5 Å². The van der Waals surface area contributed by atoms with Crippen molar-refractivity contribution < 1.29 is 18.8 Å². The molecule has 2 bridgehead atoms. The maximum absolute atomic E-state index is 13.2. The third-order valence-corrected chi connectivity index (χ3v) is 6.08. The fourth-order valence-electron chi connectivity index (χ4n) is 4.74. The van der Waals surface area contributed by atoms with Crippen molar-refractivity contribution in [2.24, 2.45) is 11.8 Å². The van der Waals surface area contributed by atoms with Crippen molar-refractivity contribution in [3.05, 3.63) is 59.9 Å².